The summed E-state index contributed by atoms with van der Waals surface area (Å²) >= 11 is 0. The number of hydrogen-bond donors (Lipinski definition) is 3. The fourth-order valence-electron chi connectivity index (χ4n) is 8.87. The Hall–Kier alpha value is -0.900. The first-order valence-electron chi connectivity index (χ1n) is 13.4. The van der Waals surface area contributed by atoms with Crippen LogP contribution in [0, 0.1) is 39.4 Å². The van der Waals surface area contributed by atoms with E-state index in [-0.39, 0.29) is 41.0 Å². The van der Waals surface area contributed by atoms with Crippen LogP contribution in [-0.4, -0.2) is 34.6 Å². The van der Waals surface area contributed by atoms with Gasteiger partial charge in [0.05, 0.1) is 19.3 Å². The average Bonchev–Trinajstić information content (AvgIpc) is 3.05. The highest BCUT2D eigenvalue weighted by atomic mass is 16.3. The van der Waals surface area contributed by atoms with Crippen LogP contribution in [0.4, 0.5) is 0 Å². The summed E-state index contributed by atoms with van der Waals surface area (Å²) in [6.07, 6.45) is 15.9. The van der Waals surface area contributed by atoms with Crippen molar-refractivity contribution in [1.82, 2.24) is 0 Å². The first-order valence-corrected chi connectivity index (χ1v) is 13.4. The molecule has 0 saturated heterocycles. The summed E-state index contributed by atoms with van der Waals surface area (Å²) in [7, 11) is 0. The molecule has 33 heavy (non-hydrogen) atoms. The van der Waals surface area contributed by atoms with Gasteiger partial charge in [-0.05, 0) is 107 Å². The molecule has 0 aromatic heterocycles. The lowest BCUT2D eigenvalue weighted by atomic mass is 9.44. The van der Waals surface area contributed by atoms with Gasteiger partial charge >= 0.3 is 0 Å². The zero-order valence-electron chi connectivity index (χ0n) is 22.0. The molecule has 186 valence electrons. The van der Waals surface area contributed by atoms with Gasteiger partial charge in [0.15, 0.2) is 0 Å². The fraction of sp³-hybridized carbons (Fsp3) is 0.800. The summed E-state index contributed by atoms with van der Waals surface area (Å²) in [4.78, 5) is 0. The predicted molar refractivity (Wildman–Crippen MR) is 136 cm³/mol. The number of rotatable bonds is 6. The highest BCUT2D eigenvalue weighted by Crippen LogP contribution is 2.71. The Labute approximate surface area is 202 Å². The van der Waals surface area contributed by atoms with E-state index in [1.807, 2.05) is 6.08 Å². The molecule has 4 rings (SSSR count). The van der Waals surface area contributed by atoms with Gasteiger partial charge in [0, 0.05) is 0 Å². The Morgan fingerprint density at radius 1 is 1.03 bits per heavy atom. The maximum Gasteiger partial charge on any atom is 0.0663 e. The van der Waals surface area contributed by atoms with Crippen molar-refractivity contribution in [3.63, 3.8) is 0 Å². The molecule has 2 fully saturated rings. The van der Waals surface area contributed by atoms with Crippen molar-refractivity contribution in [3.8, 4) is 0 Å². The van der Waals surface area contributed by atoms with Crippen molar-refractivity contribution >= 4 is 0 Å². The van der Waals surface area contributed by atoms with Crippen LogP contribution in [-0.2, 0) is 0 Å². The van der Waals surface area contributed by atoms with Gasteiger partial charge in [-0.15, -0.1) is 0 Å². The quantitative estimate of drug-likeness (QED) is 0.417. The summed E-state index contributed by atoms with van der Waals surface area (Å²) in [6, 6.07) is 0. The summed E-state index contributed by atoms with van der Waals surface area (Å²) in [5.41, 5.74) is 4.63. The van der Waals surface area contributed by atoms with Gasteiger partial charge in [-0.2, -0.15) is 0 Å². The molecule has 0 bridgehead atoms. The van der Waals surface area contributed by atoms with Gasteiger partial charge in [-0.25, -0.2) is 0 Å². The summed E-state index contributed by atoms with van der Waals surface area (Å²) in [5.74, 6) is 1.82. The van der Waals surface area contributed by atoms with Crippen LogP contribution in [0.3, 0.4) is 0 Å². The monoisotopic (exact) mass is 456 g/mol. The number of aliphatic hydroxyl groups is 3. The van der Waals surface area contributed by atoms with Crippen LogP contribution in [0.25, 0.3) is 0 Å². The topological polar surface area (TPSA) is 60.7 Å². The zero-order chi connectivity index (χ0) is 24.2. The van der Waals surface area contributed by atoms with Crippen LogP contribution in [0.1, 0.15) is 92.9 Å². The van der Waals surface area contributed by atoms with E-state index in [0.717, 1.165) is 44.1 Å². The van der Waals surface area contributed by atoms with E-state index in [2.05, 4.69) is 53.7 Å². The van der Waals surface area contributed by atoms with Gasteiger partial charge in [0.25, 0.3) is 0 Å². The molecule has 0 heterocycles. The Bertz CT molecular complexity index is 845. The number of hydrogen-bond acceptors (Lipinski definition) is 3. The second-order valence-corrected chi connectivity index (χ2v) is 13.1. The molecule has 4 aliphatic carbocycles. The van der Waals surface area contributed by atoms with Crippen molar-refractivity contribution in [1.29, 1.82) is 0 Å². The van der Waals surface area contributed by atoms with Crippen molar-refractivity contribution in [2.24, 2.45) is 39.4 Å². The van der Waals surface area contributed by atoms with Crippen LogP contribution in [0.5, 0.6) is 0 Å². The first kappa shape index (κ1) is 25.2. The van der Waals surface area contributed by atoms with Crippen LogP contribution in [0.2, 0.25) is 0 Å². The SMILES string of the molecule is C[C@H](CCC=C(CO)CO)[C@H]1CC[C@@]2(C)C3=CCC4C(C)(C)[C@@H](O)CC[C@]4(C)C3=CC[C@]12C. The van der Waals surface area contributed by atoms with Crippen LogP contribution in [0.15, 0.2) is 34.9 Å². The van der Waals surface area contributed by atoms with E-state index >= 15 is 0 Å². The molecule has 7 atom stereocenters. The number of allylic oxidation sites excluding steroid dienone is 5. The van der Waals surface area contributed by atoms with E-state index < -0.39 is 0 Å². The number of fused-ring (bicyclic) bond motifs is 5. The van der Waals surface area contributed by atoms with E-state index in [1.54, 1.807) is 11.1 Å². The van der Waals surface area contributed by atoms with Gasteiger partial charge in [-0.1, -0.05) is 59.8 Å². The minimum Gasteiger partial charge on any atom is -0.393 e. The largest absolute Gasteiger partial charge is 0.393 e. The minimum absolute atomic E-state index is 0.0419. The van der Waals surface area contributed by atoms with Crippen LogP contribution < -0.4 is 0 Å². The van der Waals surface area contributed by atoms with Gasteiger partial charge in [0.1, 0.15) is 0 Å². The molecule has 0 aliphatic heterocycles. The highest BCUT2D eigenvalue weighted by Gasteiger charge is 2.62. The van der Waals surface area contributed by atoms with Gasteiger partial charge in [-0.3, -0.25) is 0 Å². The molecule has 4 aliphatic rings. The molecule has 3 N–H and O–H groups in total. The second kappa shape index (κ2) is 8.64. The molecule has 0 aromatic rings. The second-order valence-electron chi connectivity index (χ2n) is 13.1. The zero-order valence-corrected chi connectivity index (χ0v) is 22.0. The molecule has 0 amide bonds. The highest BCUT2D eigenvalue weighted by molar-refractivity contribution is 5.49. The van der Waals surface area contributed by atoms with Crippen molar-refractivity contribution < 1.29 is 15.3 Å². The molecule has 3 nitrogen and oxygen atoms in total. The van der Waals surface area contributed by atoms with E-state index in [1.165, 1.54) is 12.8 Å². The maximum absolute atomic E-state index is 10.8. The summed E-state index contributed by atoms with van der Waals surface area (Å²) < 4.78 is 0. The Morgan fingerprint density at radius 3 is 2.39 bits per heavy atom. The molecular formula is C30H48O3. The Kier molecular flexibility index (Phi) is 6.60. The third-order valence-electron chi connectivity index (χ3n) is 11.4. The maximum atomic E-state index is 10.8. The molecule has 3 heteroatoms. The van der Waals surface area contributed by atoms with E-state index in [9.17, 15) is 15.3 Å². The molecule has 0 aromatic carbocycles. The van der Waals surface area contributed by atoms with Crippen molar-refractivity contribution in [2.45, 2.75) is 99.0 Å². The molecule has 0 radical (unpaired) electrons. The smallest absolute Gasteiger partial charge is 0.0663 e. The lowest BCUT2D eigenvalue weighted by Crippen LogP contribution is -2.54. The lowest BCUT2D eigenvalue weighted by Gasteiger charge is -2.61. The third-order valence-corrected chi connectivity index (χ3v) is 11.4. The lowest BCUT2D eigenvalue weighted by molar-refractivity contribution is -0.0851. The third kappa shape index (κ3) is 3.64. The summed E-state index contributed by atoms with van der Waals surface area (Å²) in [6.45, 7) is 14.5. The van der Waals surface area contributed by atoms with Crippen LogP contribution >= 0.6 is 0 Å². The van der Waals surface area contributed by atoms with Gasteiger partial charge in [0.2, 0.25) is 0 Å². The molecule has 2 saturated carbocycles. The molecular weight excluding hydrogens is 408 g/mol. The van der Waals surface area contributed by atoms with E-state index in [0.29, 0.717) is 17.8 Å². The van der Waals surface area contributed by atoms with E-state index in [4.69, 9.17) is 0 Å². The van der Waals surface area contributed by atoms with Gasteiger partial charge < -0.3 is 15.3 Å². The normalized spacial score (nSPS) is 42.4. The standard InChI is InChI=1S/C30H48O3/c1-20(8-7-9-21(18-31)19-32)22-12-16-30(6)24-10-11-25-27(2,3)26(33)14-15-28(25,4)23(24)13-17-29(22,30)5/h9-10,13,20,22,25-26,31-33H,7-8,11-12,14-19H2,1-6H3/t20-,22-,25?,26+,28-,29-,30+/m1/s1. The average molecular weight is 457 g/mol. The Morgan fingerprint density at radius 2 is 1.73 bits per heavy atom. The van der Waals surface area contributed by atoms with Crippen molar-refractivity contribution in [2.75, 3.05) is 13.2 Å². The first-order chi connectivity index (χ1) is 15.5. The summed E-state index contributed by atoms with van der Waals surface area (Å²) in [5, 5.41) is 29.5. The van der Waals surface area contributed by atoms with Crippen molar-refractivity contribution in [3.05, 3.63) is 34.9 Å². The Balaban J connectivity index is 1.60. The fourth-order valence-corrected chi connectivity index (χ4v) is 8.87. The minimum atomic E-state index is -0.196. The number of aliphatic hydroxyl groups excluding tert-OH is 3. The predicted octanol–water partition coefficient (Wildman–Crippen LogP) is 6.20. The molecule has 1 unspecified atom stereocenters. The molecule has 0 spiro atoms.